The number of rotatable bonds is 3. The van der Waals surface area contributed by atoms with Crippen molar-refractivity contribution in [1.82, 2.24) is 15.0 Å². The number of benzene rings is 7. The monoisotopic (exact) mass is 669 g/mol. The molecule has 0 amide bonds. The number of furan rings is 1. The van der Waals surface area contributed by atoms with Crippen LogP contribution in [0.4, 0.5) is 0 Å². The second-order valence-corrected chi connectivity index (χ2v) is 14.2. The standard InChI is InChI=1S/C46H27N3OS/c1-3-14-28(15-4-1)43-47-44(29-16-5-2-6-17-29)49-45(48-43)32-20-13-19-31-34-26-38-33(27-39(34)50-42(31)32)30-18-7-8-21-35(30)46(38)36-22-9-11-24-40(36)51-41-25-12-10-23-37(41)46/h1-27H. The summed E-state index contributed by atoms with van der Waals surface area (Å²) in [6, 6.07) is 57.8. The molecule has 0 saturated carbocycles. The van der Waals surface area contributed by atoms with Gasteiger partial charge in [-0.1, -0.05) is 145 Å². The van der Waals surface area contributed by atoms with Gasteiger partial charge in [-0.25, -0.2) is 15.0 Å². The topological polar surface area (TPSA) is 51.8 Å². The fourth-order valence-electron chi connectivity index (χ4n) is 8.25. The molecule has 3 heterocycles. The Hall–Kier alpha value is -6.30. The lowest BCUT2D eigenvalue weighted by Gasteiger charge is -2.39. The molecule has 0 atom stereocenters. The Morgan fingerprint density at radius 2 is 0.961 bits per heavy atom. The Labute approximate surface area is 298 Å². The predicted molar refractivity (Wildman–Crippen MR) is 205 cm³/mol. The van der Waals surface area contributed by atoms with Crippen LogP contribution in [0.3, 0.4) is 0 Å². The molecule has 0 saturated heterocycles. The minimum atomic E-state index is -0.455. The lowest BCUT2D eigenvalue weighted by molar-refractivity contribution is 0.669. The third-order valence-corrected chi connectivity index (χ3v) is 11.6. The summed E-state index contributed by atoms with van der Waals surface area (Å²) in [6.45, 7) is 0. The van der Waals surface area contributed by atoms with Gasteiger partial charge in [0, 0.05) is 31.7 Å². The summed E-state index contributed by atoms with van der Waals surface area (Å²) >= 11 is 1.86. The van der Waals surface area contributed by atoms with E-state index in [4.69, 9.17) is 19.4 Å². The van der Waals surface area contributed by atoms with Gasteiger partial charge in [0.1, 0.15) is 11.2 Å². The molecule has 11 rings (SSSR count). The highest BCUT2D eigenvalue weighted by molar-refractivity contribution is 7.99. The molecule has 1 aliphatic carbocycles. The Morgan fingerprint density at radius 3 is 1.63 bits per heavy atom. The molecular formula is C46H27N3OS. The van der Waals surface area contributed by atoms with Gasteiger partial charge in [-0.3, -0.25) is 0 Å². The average molecular weight is 670 g/mol. The van der Waals surface area contributed by atoms with Crippen LogP contribution in [0.2, 0.25) is 0 Å². The first-order valence-electron chi connectivity index (χ1n) is 17.1. The van der Waals surface area contributed by atoms with Crippen molar-refractivity contribution >= 4 is 33.7 Å². The van der Waals surface area contributed by atoms with Crippen LogP contribution in [0.5, 0.6) is 0 Å². The summed E-state index contributed by atoms with van der Waals surface area (Å²) in [5.74, 6) is 1.82. The smallest absolute Gasteiger partial charge is 0.167 e. The normalized spacial score (nSPS) is 13.6. The molecule has 0 N–H and O–H groups in total. The van der Waals surface area contributed by atoms with Gasteiger partial charge >= 0.3 is 0 Å². The van der Waals surface area contributed by atoms with Crippen molar-refractivity contribution < 1.29 is 4.42 Å². The van der Waals surface area contributed by atoms with Crippen LogP contribution in [0, 0.1) is 0 Å². The van der Waals surface area contributed by atoms with Crippen molar-refractivity contribution in [2.24, 2.45) is 0 Å². The van der Waals surface area contributed by atoms with Crippen LogP contribution in [0.15, 0.2) is 178 Å². The van der Waals surface area contributed by atoms with Crippen molar-refractivity contribution in [3.8, 4) is 45.3 Å². The van der Waals surface area contributed by atoms with Crippen molar-refractivity contribution in [2.45, 2.75) is 15.2 Å². The van der Waals surface area contributed by atoms with Gasteiger partial charge in [0.25, 0.3) is 0 Å². The molecule has 0 bridgehead atoms. The first-order chi connectivity index (χ1) is 25.3. The van der Waals surface area contributed by atoms with E-state index in [0.717, 1.165) is 38.6 Å². The molecule has 0 radical (unpaired) electrons. The highest BCUT2D eigenvalue weighted by Gasteiger charge is 2.50. The number of hydrogen-bond acceptors (Lipinski definition) is 5. The molecule has 1 spiro atoms. The average Bonchev–Trinajstić information content (AvgIpc) is 3.71. The van der Waals surface area contributed by atoms with E-state index in [9.17, 15) is 0 Å². The van der Waals surface area contributed by atoms with Gasteiger partial charge in [0.2, 0.25) is 0 Å². The largest absolute Gasteiger partial charge is 0.455 e. The first kappa shape index (κ1) is 28.5. The molecule has 51 heavy (non-hydrogen) atoms. The maximum atomic E-state index is 6.88. The molecule has 7 aromatic carbocycles. The Morgan fingerprint density at radius 1 is 0.412 bits per heavy atom. The second-order valence-electron chi connectivity index (χ2n) is 13.1. The van der Waals surface area contributed by atoms with Gasteiger partial charge in [0.15, 0.2) is 17.5 Å². The van der Waals surface area contributed by atoms with Crippen LogP contribution in [0.25, 0.3) is 67.2 Å². The Bertz CT molecular complexity index is 2740. The van der Waals surface area contributed by atoms with E-state index in [1.165, 1.54) is 43.2 Å². The van der Waals surface area contributed by atoms with E-state index in [0.29, 0.717) is 17.5 Å². The molecule has 4 nitrogen and oxygen atoms in total. The van der Waals surface area contributed by atoms with Crippen molar-refractivity contribution in [3.63, 3.8) is 0 Å². The Kier molecular flexibility index (Phi) is 6.07. The van der Waals surface area contributed by atoms with Crippen LogP contribution in [0.1, 0.15) is 22.3 Å². The SMILES string of the molecule is c1ccc(-c2nc(-c3ccccc3)nc(-c3cccc4c3oc3cc5c(cc34)C3(c4ccccc4Sc4ccccc43)c3ccccc3-5)n2)cc1. The Balaban J connectivity index is 1.19. The molecule has 1 aliphatic heterocycles. The van der Waals surface area contributed by atoms with Crippen LogP contribution >= 0.6 is 11.8 Å². The van der Waals surface area contributed by atoms with Gasteiger partial charge in [-0.05, 0) is 63.7 Å². The number of aromatic nitrogens is 3. The zero-order valence-corrected chi connectivity index (χ0v) is 28.1. The molecule has 2 aliphatic rings. The summed E-state index contributed by atoms with van der Waals surface area (Å²) in [5.41, 5.74) is 11.5. The van der Waals surface area contributed by atoms with Gasteiger partial charge in [-0.15, -0.1) is 0 Å². The molecule has 2 aromatic heterocycles. The van der Waals surface area contributed by atoms with Crippen LogP contribution in [-0.2, 0) is 5.41 Å². The van der Waals surface area contributed by atoms with E-state index in [2.05, 4.69) is 103 Å². The van der Waals surface area contributed by atoms with Gasteiger partial charge < -0.3 is 4.42 Å². The molecule has 0 fully saturated rings. The zero-order chi connectivity index (χ0) is 33.5. The van der Waals surface area contributed by atoms with Crippen molar-refractivity contribution in [2.75, 3.05) is 0 Å². The number of fused-ring (bicyclic) bond motifs is 12. The number of para-hydroxylation sites is 1. The minimum absolute atomic E-state index is 0.455. The quantitative estimate of drug-likeness (QED) is 0.187. The van der Waals surface area contributed by atoms with Crippen LogP contribution < -0.4 is 0 Å². The first-order valence-corrected chi connectivity index (χ1v) is 17.9. The maximum absolute atomic E-state index is 6.88. The van der Waals surface area contributed by atoms with Crippen molar-refractivity contribution in [3.05, 3.63) is 186 Å². The fraction of sp³-hybridized carbons (Fsp3) is 0.0217. The minimum Gasteiger partial charge on any atom is -0.455 e. The van der Waals surface area contributed by atoms with E-state index < -0.39 is 5.41 Å². The fourth-order valence-corrected chi connectivity index (χ4v) is 9.44. The maximum Gasteiger partial charge on any atom is 0.167 e. The van der Waals surface area contributed by atoms with Gasteiger partial charge in [0.05, 0.1) is 11.0 Å². The zero-order valence-electron chi connectivity index (χ0n) is 27.2. The molecular weight excluding hydrogens is 643 g/mol. The van der Waals surface area contributed by atoms with E-state index in [1.807, 2.05) is 72.4 Å². The second kappa shape index (κ2) is 10.8. The van der Waals surface area contributed by atoms with E-state index in [-0.39, 0.29) is 0 Å². The van der Waals surface area contributed by atoms with E-state index >= 15 is 0 Å². The predicted octanol–water partition coefficient (Wildman–Crippen LogP) is 11.6. The molecule has 0 unspecified atom stereocenters. The van der Waals surface area contributed by atoms with Gasteiger partial charge in [-0.2, -0.15) is 0 Å². The third kappa shape index (κ3) is 4.07. The molecule has 9 aromatic rings. The summed E-state index contributed by atoms with van der Waals surface area (Å²) < 4.78 is 6.88. The van der Waals surface area contributed by atoms with E-state index in [1.54, 1.807) is 0 Å². The summed E-state index contributed by atoms with van der Waals surface area (Å²) in [7, 11) is 0. The molecule has 238 valence electrons. The highest BCUT2D eigenvalue weighted by atomic mass is 32.2. The van der Waals surface area contributed by atoms with Crippen molar-refractivity contribution in [1.29, 1.82) is 0 Å². The summed E-state index contributed by atoms with van der Waals surface area (Å²) in [4.78, 5) is 17.6. The third-order valence-electron chi connectivity index (χ3n) is 10.4. The lowest BCUT2D eigenvalue weighted by atomic mass is 9.67. The summed E-state index contributed by atoms with van der Waals surface area (Å²) in [5, 5.41) is 2.11. The summed E-state index contributed by atoms with van der Waals surface area (Å²) in [6.07, 6.45) is 0. The number of hydrogen-bond donors (Lipinski definition) is 0. The van der Waals surface area contributed by atoms with Crippen LogP contribution in [-0.4, -0.2) is 15.0 Å². The lowest BCUT2D eigenvalue weighted by Crippen LogP contribution is -2.31. The number of nitrogens with zero attached hydrogens (tertiary/aromatic N) is 3. The molecule has 5 heteroatoms. The highest BCUT2D eigenvalue weighted by Crippen LogP contribution is 2.62.